The molecule has 0 aliphatic carbocycles. The molecule has 0 amide bonds. The molecule has 0 spiro atoms. The monoisotopic (exact) mass is 227 g/mol. The van der Waals surface area contributed by atoms with E-state index in [1.807, 2.05) is 18.2 Å². The van der Waals surface area contributed by atoms with Crippen LogP contribution in [0.5, 0.6) is 0 Å². The van der Waals surface area contributed by atoms with E-state index in [9.17, 15) is 0 Å². The van der Waals surface area contributed by atoms with Crippen molar-refractivity contribution in [3.05, 3.63) is 34.3 Å². The van der Waals surface area contributed by atoms with Gasteiger partial charge < -0.3 is 10.5 Å². The van der Waals surface area contributed by atoms with E-state index in [1.54, 1.807) is 0 Å². The molecule has 0 saturated heterocycles. The molecule has 2 N–H and O–H groups in total. The number of halogens is 1. The molecule has 0 fully saturated rings. The first-order valence-corrected chi connectivity index (χ1v) is 5.70. The normalized spacial score (nSPS) is 10.6. The van der Waals surface area contributed by atoms with Crippen molar-refractivity contribution in [2.24, 2.45) is 5.73 Å². The third-order valence-electron chi connectivity index (χ3n) is 2.25. The Morgan fingerprint density at radius 2 is 2.20 bits per heavy atom. The van der Waals surface area contributed by atoms with Gasteiger partial charge >= 0.3 is 0 Å². The van der Waals surface area contributed by atoms with Crippen LogP contribution >= 0.6 is 11.6 Å². The van der Waals surface area contributed by atoms with Crippen LogP contribution in [0.25, 0.3) is 0 Å². The van der Waals surface area contributed by atoms with Crippen LogP contribution in [0.1, 0.15) is 30.9 Å². The van der Waals surface area contributed by atoms with Crippen molar-refractivity contribution in [2.75, 3.05) is 6.61 Å². The van der Waals surface area contributed by atoms with Gasteiger partial charge in [-0.15, -0.1) is 0 Å². The second-order valence-corrected chi connectivity index (χ2v) is 3.94. The summed E-state index contributed by atoms with van der Waals surface area (Å²) in [5.74, 6) is 0. The molecule has 0 heterocycles. The summed E-state index contributed by atoms with van der Waals surface area (Å²) < 4.78 is 5.50. The molecule has 0 unspecified atom stereocenters. The maximum Gasteiger partial charge on any atom is 0.0731 e. The number of nitrogens with two attached hydrogens (primary N) is 1. The number of hydrogen-bond acceptors (Lipinski definition) is 2. The van der Waals surface area contributed by atoms with E-state index < -0.39 is 0 Å². The molecule has 84 valence electrons. The van der Waals surface area contributed by atoms with Gasteiger partial charge in [-0.05, 0) is 23.6 Å². The van der Waals surface area contributed by atoms with E-state index in [1.165, 1.54) is 0 Å². The SMILES string of the molecule is CCCCOCc1ccc(CN)cc1Cl. The smallest absolute Gasteiger partial charge is 0.0731 e. The highest BCUT2D eigenvalue weighted by molar-refractivity contribution is 6.31. The molecule has 2 nitrogen and oxygen atoms in total. The maximum atomic E-state index is 6.09. The summed E-state index contributed by atoms with van der Waals surface area (Å²) in [6.07, 6.45) is 2.25. The highest BCUT2D eigenvalue weighted by Crippen LogP contribution is 2.18. The van der Waals surface area contributed by atoms with E-state index in [4.69, 9.17) is 22.1 Å². The zero-order valence-corrected chi connectivity index (χ0v) is 9.89. The van der Waals surface area contributed by atoms with Crippen LogP contribution in [0.3, 0.4) is 0 Å². The molecule has 0 bridgehead atoms. The van der Waals surface area contributed by atoms with Crippen molar-refractivity contribution in [1.82, 2.24) is 0 Å². The summed E-state index contributed by atoms with van der Waals surface area (Å²) in [5, 5.41) is 0.745. The van der Waals surface area contributed by atoms with Gasteiger partial charge in [0, 0.05) is 18.2 Å². The minimum absolute atomic E-state index is 0.524. The Kier molecular flexibility index (Phi) is 5.69. The van der Waals surface area contributed by atoms with Crippen molar-refractivity contribution in [2.45, 2.75) is 32.9 Å². The molecular formula is C12H18ClNO. The molecule has 1 aromatic rings. The molecule has 0 atom stereocenters. The number of rotatable bonds is 6. The van der Waals surface area contributed by atoms with Gasteiger partial charge in [0.05, 0.1) is 6.61 Å². The Balaban J connectivity index is 2.47. The summed E-state index contributed by atoms with van der Waals surface area (Å²) in [6.45, 7) is 4.05. The van der Waals surface area contributed by atoms with Crippen LogP contribution in [-0.2, 0) is 17.9 Å². The molecule has 3 heteroatoms. The minimum atomic E-state index is 0.524. The van der Waals surface area contributed by atoms with E-state index in [0.29, 0.717) is 13.2 Å². The molecule has 15 heavy (non-hydrogen) atoms. The Labute approximate surface area is 96.4 Å². The van der Waals surface area contributed by atoms with Crippen molar-refractivity contribution in [3.8, 4) is 0 Å². The molecule has 0 aliphatic rings. The first-order valence-electron chi connectivity index (χ1n) is 5.33. The standard InChI is InChI=1S/C12H18ClNO/c1-2-3-6-15-9-11-5-4-10(8-14)7-12(11)13/h4-5,7H,2-3,6,8-9,14H2,1H3. The first kappa shape index (κ1) is 12.5. The van der Waals surface area contributed by atoms with Gasteiger partial charge in [-0.3, -0.25) is 0 Å². The predicted octanol–water partition coefficient (Wildman–Crippen LogP) is 3.12. The molecule has 1 rings (SSSR count). The summed E-state index contributed by atoms with van der Waals surface area (Å²) in [4.78, 5) is 0. The molecular weight excluding hydrogens is 210 g/mol. The highest BCUT2D eigenvalue weighted by Gasteiger charge is 2.01. The molecule has 0 saturated carbocycles. The van der Waals surface area contributed by atoms with E-state index in [-0.39, 0.29) is 0 Å². The van der Waals surface area contributed by atoms with Gasteiger partial charge in [0.15, 0.2) is 0 Å². The zero-order valence-electron chi connectivity index (χ0n) is 9.13. The van der Waals surface area contributed by atoms with E-state index in [0.717, 1.165) is 35.6 Å². The number of hydrogen-bond donors (Lipinski definition) is 1. The second-order valence-electron chi connectivity index (χ2n) is 3.54. The van der Waals surface area contributed by atoms with Gasteiger partial charge in [0.2, 0.25) is 0 Å². The lowest BCUT2D eigenvalue weighted by atomic mass is 10.1. The fourth-order valence-electron chi connectivity index (χ4n) is 1.26. The second kappa shape index (κ2) is 6.83. The largest absolute Gasteiger partial charge is 0.377 e. The van der Waals surface area contributed by atoms with Gasteiger partial charge in [-0.1, -0.05) is 37.1 Å². The van der Waals surface area contributed by atoms with Crippen LogP contribution in [0, 0.1) is 0 Å². The van der Waals surface area contributed by atoms with Gasteiger partial charge in [-0.25, -0.2) is 0 Å². The average molecular weight is 228 g/mol. The van der Waals surface area contributed by atoms with Crippen LogP contribution in [0.4, 0.5) is 0 Å². The quantitative estimate of drug-likeness (QED) is 0.758. The fourth-order valence-corrected chi connectivity index (χ4v) is 1.52. The minimum Gasteiger partial charge on any atom is -0.377 e. The van der Waals surface area contributed by atoms with Crippen molar-refractivity contribution >= 4 is 11.6 Å². The predicted molar refractivity (Wildman–Crippen MR) is 63.9 cm³/mol. The summed E-state index contributed by atoms with van der Waals surface area (Å²) >= 11 is 6.09. The first-order chi connectivity index (χ1) is 7.27. The highest BCUT2D eigenvalue weighted by atomic mass is 35.5. The Hall–Kier alpha value is -0.570. The molecule has 1 aromatic carbocycles. The van der Waals surface area contributed by atoms with Crippen molar-refractivity contribution in [3.63, 3.8) is 0 Å². The summed E-state index contributed by atoms with van der Waals surface area (Å²) in [5.41, 5.74) is 7.60. The van der Waals surface area contributed by atoms with Gasteiger partial charge in [0.1, 0.15) is 0 Å². The zero-order chi connectivity index (χ0) is 11.1. The number of ether oxygens (including phenoxy) is 1. The Bertz CT molecular complexity index is 302. The topological polar surface area (TPSA) is 35.2 Å². The van der Waals surface area contributed by atoms with Gasteiger partial charge in [-0.2, -0.15) is 0 Å². The van der Waals surface area contributed by atoms with Crippen molar-refractivity contribution in [1.29, 1.82) is 0 Å². The summed E-state index contributed by atoms with van der Waals surface area (Å²) in [6, 6.07) is 5.88. The van der Waals surface area contributed by atoms with Crippen LogP contribution in [-0.4, -0.2) is 6.61 Å². The summed E-state index contributed by atoms with van der Waals surface area (Å²) in [7, 11) is 0. The van der Waals surface area contributed by atoms with E-state index >= 15 is 0 Å². The average Bonchev–Trinajstić information content (AvgIpc) is 2.26. The van der Waals surface area contributed by atoms with Gasteiger partial charge in [0.25, 0.3) is 0 Å². The fraction of sp³-hybridized carbons (Fsp3) is 0.500. The number of unbranched alkanes of at least 4 members (excludes halogenated alkanes) is 1. The lowest BCUT2D eigenvalue weighted by molar-refractivity contribution is 0.118. The lowest BCUT2D eigenvalue weighted by Crippen LogP contribution is -1.99. The Morgan fingerprint density at radius 3 is 2.80 bits per heavy atom. The lowest BCUT2D eigenvalue weighted by Gasteiger charge is -2.07. The van der Waals surface area contributed by atoms with E-state index in [2.05, 4.69) is 6.92 Å². The molecule has 0 radical (unpaired) electrons. The number of benzene rings is 1. The maximum absolute atomic E-state index is 6.09. The molecule has 0 aliphatic heterocycles. The Morgan fingerprint density at radius 1 is 1.40 bits per heavy atom. The third kappa shape index (κ3) is 4.20. The molecule has 0 aromatic heterocycles. The van der Waals surface area contributed by atoms with Crippen LogP contribution in [0.2, 0.25) is 5.02 Å². The van der Waals surface area contributed by atoms with Crippen LogP contribution in [0.15, 0.2) is 18.2 Å². The van der Waals surface area contributed by atoms with Crippen LogP contribution < -0.4 is 5.73 Å². The third-order valence-corrected chi connectivity index (χ3v) is 2.60. The van der Waals surface area contributed by atoms with Crippen molar-refractivity contribution < 1.29 is 4.74 Å².